The smallest absolute Gasteiger partial charge is 0.257 e. The minimum absolute atomic E-state index is 0.132. The Kier molecular flexibility index (Phi) is 4.96. The Labute approximate surface area is 133 Å². The van der Waals surface area contributed by atoms with Crippen LogP contribution in [0.4, 0.5) is 10.2 Å². The molecule has 1 aromatic heterocycles. The molecule has 2 rings (SSSR count). The van der Waals surface area contributed by atoms with Gasteiger partial charge in [-0.1, -0.05) is 0 Å². The fraction of sp³-hybridized carbons (Fsp3) is 0. The Hall–Kier alpha value is -1.61. The van der Waals surface area contributed by atoms with E-state index in [1.54, 1.807) is 12.3 Å². The third-order valence-electron chi connectivity index (χ3n) is 2.30. The van der Waals surface area contributed by atoms with Gasteiger partial charge in [0.15, 0.2) is 5.11 Å². The molecular formula is C13H9FIN3OS. The van der Waals surface area contributed by atoms with Gasteiger partial charge in [0.25, 0.3) is 5.91 Å². The van der Waals surface area contributed by atoms with Crippen LogP contribution in [-0.2, 0) is 0 Å². The van der Waals surface area contributed by atoms with Crippen LogP contribution in [0.2, 0.25) is 0 Å². The topological polar surface area (TPSA) is 54.0 Å². The molecule has 0 bridgehead atoms. The number of hydrogen-bond donors (Lipinski definition) is 2. The van der Waals surface area contributed by atoms with E-state index in [-0.39, 0.29) is 5.11 Å². The zero-order valence-corrected chi connectivity index (χ0v) is 13.0. The number of amides is 1. The van der Waals surface area contributed by atoms with E-state index in [9.17, 15) is 9.18 Å². The van der Waals surface area contributed by atoms with Gasteiger partial charge >= 0.3 is 0 Å². The SMILES string of the molecule is O=C(NC(=S)Nc1ccc(I)cn1)c1ccc(F)cc1. The summed E-state index contributed by atoms with van der Waals surface area (Å²) >= 11 is 7.15. The van der Waals surface area contributed by atoms with Crippen LogP contribution in [-0.4, -0.2) is 16.0 Å². The van der Waals surface area contributed by atoms with Crippen molar-refractivity contribution in [3.05, 3.63) is 57.5 Å². The fourth-order valence-corrected chi connectivity index (χ4v) is 1.89. The van der Waals surface area contributed by atoms with Gasteiger partial charge < -0.3 is 5.32 Å². The molecule has 4 nitrogen and oxygen atoms in total. The van der Waals surface area contributed by atoms with Crippen molar-refractivity contribution in [3.8, 4) is 0 Å². The zero-order chi connectivity index (χ0) is 14.5. The van der Waals surface area contributed by atoms with Crippen molar-refractivity contribution >= 4 is 51.6 Å². The van der Waals surface area contributed by atoms with E-state index < -0.39 is 11.7 Å². The molecule has 0 fully saturated rings. The van der Waals surface area contributed by atoms with E-state index in [1.807, 2.05) is 6.07 Å². The van der Waals surface area contributed by atoms with Gasteiger partial charge in [-0.2, -0.15) is 0 Å². The summed E-state index contributed by atoms with van der Waals surface area (Å²) in [7, 11) is 0. The monoisotopic (exact) mass is 401 g/mol. The van der Waals surface area contributed by atoms with Crippen molar-refractivity contribution in [1.82, 2.24) is 10.3 Å². The van der Waals surface area contributed by atoms with Crippen molar-refractivity contribution in [2.45, 2.75) is 0 Å². The highest BCUT2D eigenvalue weighted by Gasteiger charge is 2.08. The number of thiocarbonyl (C=S) groups is 1. The molecule has 0 aliphatic rings. The lowest BCUT2D eigenvalue weighted by Gasteiger charge is -2.08. The molecule has 1 aromatic carbocycles. The van der Waals surface area contributed by atoms with Crippen LogP contribution < -0.4 is 10.6 Å². The van der Waals surface area contributed by atoms with Crippen molar-refractivity contribution in [1.29, 1.82) is 0 Å². The standard InChI is InChI=1S/C13H9FIN3OS/c14-9-3-1-8(2-4-9)12(19)18-13(20)17-11-6-5-10(15)7-16-11/h1-7H,(H2,16,17,18,19,20). The molecule has 0 aliphatic carbocycles. The zero-order valence-electron chi connectivity index (χ0n) is 10.1. The lowest BCUT2D eigenvalue weighted by Crippen LogP contribution is -2.34. The summed E-state index contributed by atoms with van der Waals surface area (Å²) < 4.78 is 13.7. The fourth-order valence-electron chi connectivity index (χ4n) is 1.37. The molecule has 0 unspecified atom stereocenters. The molecule has 20 heavy (non-hydrogen) atoms. The number of nitrogens with zero attached hydrogens (tertiary/aromatic N) is 1. The average molecular weight is 401 g/mol. The molecule has 0 saturated carbocycles. The summed E-state index contributed by atoms with van der Waals surface area (Å²) in [6, 6.07) is 8.81. The molecule has 1 heterocycles. The summed E-state index contributed by atoms with van der Waals surface area (Å²) in [5.74, 6) is -0.270. The van der Waals surface area contributed by atoms with E-state index in [0.717, 1.165) is 3.57 Å². The molecular weight excluding hydrogens is 392 g/mol. The number of aromatic nitrogens is 1. The molecule has 2 N–H and O–H groups in total. The predicted octanol–water partition coefficient (Wildman–Crippen LogP) is 2.95. The molecule has 2 aromatic rings. The van der Waals surface area contributed by atoms with Crippen LogP contribution in [0.15, 0.2) is 42.6 Å². The maximum Gasteiger partial charge on any atom is 0.257 e. The summed E-state index contributed by atoms with van der Waals surface area (Å²) in [4.78, 5) is 15.9. The van der Waals surface area contributed by atoms with E-state index in [2.05, 4.69) is 38.2 Å². The lowest BCUT2D eigenvalue weighted by atomic mass is 10.2. The van der Waals surface area contributed by atoms with E-state index in [1.165, 1.54) is 24.3 Å². The third-order valence-corrected chi connectivity index (χ3v) is 3.14. The van der Waals surface area contributed by atoms with E-state index in [0.29, 0.717) is 11.4 Å². The summed E-state index contributed by atoms with van der Waals surface area (Å²) in [6.45, 7) is 0. The minimum Gasteiger partial charge on any atom is -0.317 e. The summed E-state index contributed by atoms with van der Waals surface area (Å²) in [5, 5.41) is 5.42. The average Bonchev–Trinajstić information content (AvgIpc) is 2.42. The van der Waals surface area contributed by atoms with Gasteiger partial charge in [0.1, 0.15) is 11.6 Å². The molecule has 102 valence electrons. The van der Waals surface area contributed by atoms with Crippen molar-refractivity contribution < 1.29 is 9.18 Å². The molecule has 0 atom stereocenters. The first-order valence-corrected chi connectivity index (χ1v) is 7.03. The molecule has 0 spiro atoms. The normalized spacial score (nSPS) is 9.90. The van der Waals surface area contributed by atoms with Gasteiger partial charge in [-0.3, -0.25) is 10.1 Å². The van der Waals surface area contributed by atoms with Gasteiger partial charge in [0.05, 0.1) is 0 Å². The molecule has 0 saturated heterocycles. The van der Waals surface area contributed by atoms with Crippen LogP contribution in [0.3, 0.4) is 0 Å². The maximum absolute atomic E-state index is 12.8. The van der Waals surface area contributed by atoms with Crippen molar-refractivity contribution in [2.24, 2.45) is 0 Å². The highest BCUT2D eigenvalue weighted by molar-refractivity contribution is 14.1. The number of carbonyl (C=O) groups excluding carboxylic acids is 1. The number of benzene rings is 1. The second kappa shape index (κ2) is 6.71. The van der Waals surface area contributed by atoms with Gasteiger partial charge in [0.2, 0.25) is 0 Å². The van der Waals surface area contributed by atoms with Gasteiger partial charge in [-0.25, -0.2) is 9.37 Å². The van der Waals surface area contributed by atoms with E-state index >= 15 is 0 Å². The quantitative estimate of drug-likeness (QED) is 0.601. The number of carbonyl (C=O) groups is 1. The first kappa shape index (κ1) is 14.8. The van der Waals surface area contributed by atoms with Gasteiger partial charge in [-0.15, -0.1) is 0 Å². The Morgan fingerprint density at radius 2 is 1.90 bits per heavy atom. The Morgan fingerprint density at radius 1 is 1.20 bits per heavy atom. The summed E-state index contributed by atoms with van der Waals surface area (Å²) in [6.07, 6.45) is 1.67. The summed E-state index contributed by atoms with van der Waals surface area (Å²) in [5.41, 5.74) is 0.325. The highest BCUT2D eigenvalue weighted by Crippen LogP contribution is 2.07. The number of hydrogen-bond acceptors (Lipinski definition) is 3. The van der Waals surface area contributed by atoms with Crippen LogP contribution in [0.25, 0.3) is 0 Å². The third kappa shape index (κ3) is 4.20. The first-order valence-electron chi connectivity index (χ1n) is 5.54. The van der Waals surface area contributed by atoms with Gasteiger partial charge in [-0.05, 0) is 71.2 Å². The van der Waals surface area contributed by atoms with E-state index in [4.69, 9.17) is 12.2 Å². The number of pyridine rings is 1. The number of nitrogens with one attached hydrogen (secondary N) is 2. The number of anilines is 1. The van der Waals surface area contributed by atoms with Crippen LogP contribution >= 0.6 is 34.8 Å². The molecule has 0 aliphatic heterocycles. The largest absolute Gasteiger partial charge is 0.317 e. The molecule has 7 heteroatoms. The first-order chi connectivity index (χ1) is 9.54. The predicted molar refractivity (Wildman–Crippen MR) is 87.0 cm³/mol. The van der Waals surface area contributed by atoms with Crippen molar-refractivity contribution in [3.63, 3.8) is 0 Å². The number of halogens is 2. The lowest BCUT2D eigenvalue weighted by molar-refractivity contribution is 0.0977. The Morgan fingerprint density at radius 3 is 2.50 bits per heavy atom. The molecule has 0 radical (unpaired) electrons. The minimum atomic E-state index is -0.409. The van der Waals surface area contributed by atoms with Crippen molar-refractivity contribution in [2.75, 3.05) is 5.32 Å². The van der Waals surface area contributed by atoms with Crippen LogP contribution in [0, 0.1) is 9.39 Å². The highest BCUT2D eigenvalue weighted by atomic mass is 127. The Balaban J connectivity index is 1.95. The Bertz CT molecular complexity index is 631. The second-order valence-electron chi connectivity index (χ2n) is 3.78. The molecule has 1 amide bonds. The second-order valence-corrected chi connectivity index (χ2v) is 5.43. The van der Waals surface area contributed by atoms with Gasteiger partial charge in [0, 0.05) is 15.3 Å². The number of rotatable bonds is 2. The van der Waals surface area contributed by atoms with Crippen LogP contribution in [0.1, 0.15) is 10.4 Å². The maximum atomic E-state index is 12.8. The van der Waals surface area contributed by atoms with Crippen LogP contribution in [0.5, 0.6) is 0 Å².